The minimum atomic E-state index is -0.120. The minimum Gasteiger partial charge on any atom is -0.440 e. The Morgan fingerprint density at radius 1 is 1.44 bits per heavy atom. The van der Waals surface area contributed by atoms with E-state index in [1.54, 1.807) is 24.1 Å². The molecule has 5 heteroatoms. The molecular weight excluding hydrogens is 293 g/mol. The molecule has 1 aromatic rings. The lowest BCUT2D eigenvalue weighted by atomic mass is 10.2. The number of rotatable bonds is 6. The summed E-state index contributed by atoms with van der Waals surface area (Å²) in [6.45, 7) is 0.740. The van der Waals surface area contributed by atoms with Crippen molar-refractivity contribution in [3.63, 3.8) is 0 Å². The molecular formula is C11H15BrClNO2. The highest BCUT2D eigenvalue weighted by atomic mass is 79.9. The minimum absolute atomic E-state index is 0.120. The molecule has 16 heavy (non-hydrogen) atoms. The van der Waals surface area contributed by atoms with E-state index >= 15 is 0 Å². The van der Waals surface area contributed by atoms with Crippen LogP contribution in [0.5, 0.6) is 0 Å². The summed E-state index contributed by atoms with van der Waals surface area (Å²) in [7, 11) is 1.77. The zero-order valence-electron chi connectivity index (χ0n) is 9.21. The second-order valence-corrected chi connectivity index (χ2v) is 4.75. The van der Waals surface area contributed by atoms with Crippen molar-refractivity contribution in [2.75, 3.05) is 18.9 Å². The van der Waals surface area contributed by atoms with Crippen LogP contribution < -0.4 is 0 Å². The summed E-state index contributed by atoms with van der Waals surface area (Å²) < 4.78 is 5.06. The largest absolute Gasteiger partial charge is 0.440 e. The Hall–Kier alpha value is -0.480. The topological polar surface area (TPSA) is 33.5 Å². The van der Waals surface area contributed by atoms with Crippen molar-refractivity contribution in [2.45, 2.75) is 19.3 Å². The molecule has 0 atom stereocenters. The van der Waals surface area contributed by atoms with Crippen molar-refractivity contribution in [1.82, 2.24) is 4.90 Å². The number of hydrogen-bond donors (Lipinski definition) is 0. The molecule has 1 heterocycles. The lowest BCUT2D eigenvalue weighted by molar-refractivity contribution is 0.0761. The fourth-order valence-electron chi connectivity index (χ4n) is 1.34. The van der Waals surface area contributed by atoms with Crippen molar-refractivity contribution < 1.29 is 9.21 Å². The number of carbonyl (C=O) groups is 1. The van der Waals surface area contributed by atoms with Gasteiger partial charge in [0.2, 0.25) is 0 Å². The van der Waals surface area contributed by atoms with Crippen LogP contribution in [0.3, 0.4) is 0 Å². The number of unbranched alkanes of at least 4 members (excludes halogenated alkanes) is 2. The van der Waals surface area contributed by atoms with Gasteiger partial charge in [0, 0.05) is 18.9 Å². The predicted octanol–water partition coefficient (Wildman–Crippen LogP) is 3.57. The fraction of sp³-hybridized carbons (Fsp3) is 0.545. The molecule has 0 bridgehead atoms. The summed E-state index contributed by atoms with van der Waals surface area (Å²) in [5.74, 6) is 0.179. The van der Waals surface area contributed by atoms with Crippen LogP contribution in [0.25, 0.3) is 0 Å². The van der Waals surface area contributed by atoms with Crippen LogP contribution in [0.1, 0.15) is 29.8 Å². The highest BCUT2D eigenvalue weighted by Gasteiger charge is 2.14. The fourth-order valence-corrected chi connectivity index (χ4v) is 1.88. The Morgan fingerprint density at radius 2 is 2.19 bits per heavy atom. The molecule has 0 aliphatic heterocycles. The van der Waals surface area contributed by atoms with Gasteiger partial charge < -0.3 is 9.32 Å². The number of amides is 1. The van der Waals surface area contributed by atoms with E-state index < -0.39 is 0 Å². The van der Waals surface area contributed by atoms with E-state index in [2.05, 4.69) is 15.9 Å². The molecule has 1 rings (SSSR count). The molecule has 3 nitrogen and oxygen atoms in total. The number of nitrogens with zero attached hydrogens (tertiary/aromatic N) is 1. The van der Waals surface area contributed by atoms with Gasteiger partial charge in [0.15, 0.2) is 11.0 Å². The quantitative estimate of drug-likeness (QED) is 0.594. The van der Waals surface area contributed by atoms with Gasteiger partial charge in [0.05, 0.1) is 0 Å². The van der Waals surface area contributed by atoms with Gasteiger partial charge in [-0.05, 0) is 36.6 Å². The van der Waals surface area contributed by atoms with Crippen molar-refractivity contribution in [3.05, 3.63) is 23.1 Å². The maximum Gasteiger partial charge on any atom is 0.289 e. The second kappa shape index (κ2) is 6.97. The molecule has 0 aromatic carbocycles. The van der Waals surface area contributed by atoms with Gasteiger partial charge in [0.25, 0.3) is 5.91 Å². The third kappa shape index (κ3) is 4.18. The number of furan rings is 1. The van der Waals surface area contributed by atoms with E-state index in [-0.39, 0.29) is 11.1 Å². The molecule has 0 aliphatic rings. The van der Waals surface area contributed by atoms with Gasteiger partial charge in [-0.1, -0.05) is 22.4 Å². The normalized spacial score (nSPS) is 10.4. The lowest BCUT2D eigenvalue weighted by Gasteiger charge is -2.15. The zero-order chi connectivity index (χ0) is 12.0. The summed E-state index contributed by atoms with van der Waals surface area (Å²) in [5.41, 5.74) is 0. The maximum atomic E-state index is 11.8. The standard InChI is InChI=1S/C11H15BrClNO2/c1-14(8-4-2-3-7-12)11(15)9-5-6-10(13)16-9/h5-6H,2-4,7-8H2,1H3. The first-order valence-electron chi connectivity index (χ1n) is 5.22. The molecule has 1 amide bonds. The van der Waals surface area contributed by atoms with Gasteiger partial charge in [-0.25, -0.2) is 0 Å². The first-order chi connectivity index (χ1) is 7.65. The molecule has 0 radical (unpaired) electrons. The van der Waals surface area contributed by atoms with E-state index in [1.165, 1.54) is 0 Å². The first kappa shape index (κ1) is 13.6. The molecule has 0 aliphatic carbocycles. The van der Waals surface area contributed by atoms with Crippen molar-refractivity contribution in [2.24, 2.45) is 0 Å². The number of halogens is 2. The highest BCUT2D eigenvalue weighted by Crippen LogP contribution is 2.14. The average Bonchev–Trinajstić information content (AvgIpc) is 2.70. The predicted molar refractivity (Wildman–Crippen MR) is 68.3 cm³/mol. The summed E-state index contributed by atoms with van der Waals surface area (Å²) in [4.78, 5) is 13.4. The van der Waals surface area contributed by atoms with E-state index in [0.717, 1.165) is 31.1 Å². The van der Waals surface area contributed by atoms with Crippen molar-refractivity contribution >= 4 is 33.4 Å². The van der Waals surface area contributed by atoms with Crippen molar-refractivity contribution in [3.8, 4) is 0 Å². The number of carbonyl (C=O) groups excluding carboxylic acids is 1. The summed E-state index contributed by atoms with van der Waals surface area (Å²) in [6, 6.07) is 3.17. The van der Waals surface area contributed by atoms with Gasteiger partial charge in [-0.15, -0.1) is 0 Å². The third-order valence-corrected chi connectivity index (χ3v) is 3.02. The van der Waals surface area contributed by atoms with Gasteiger partial charge in [0.1, 0.15) is 0 Å². The second-order valence-electron chi connectivity index (χ2n) is 3.58. The third-order valence-electron chi connectivity index (χ3n) is 2.26. The van der Waals surface area contributed by atoms with Crippen LogP contribution in [0.4, 0.5) is 0 Å². The Morgan fingerprint density at radius 3 is 2.75 bits per heavy atom. The Bertz CT molecular complexity index is 340. The maximum absolute atomic E-state index is 11.8. The van der Waals surface area contributed by atoms with Crippen LogP contribution >= 0.6 is 27.5 Å². The summed E-state index contributed by atoms with van der Waals surface area (Å²) >= 11 is 8.99. The van der Waals surface area contributed by atoms with Gasteiger partial charge in [-0.3, -0.25) is 4.79 Å². The van der Waals surface area contributed by atoms with Crippen LogP contribution in [0.15, 0.2) is 16.5 Å². The van der Waals surface area contributed by atoms with Crippen LogP contribution in [-0.4, -0.2) is 29.7 Å². The summed E-state index contributed by atoms with van der Waals surface area (Å²) in [5, 5.41) is 1.26. The van der Waals surface area contributed by atoms with E-state index in [4.69, 9.17) is 16.0 Å². The molecule has 0 spiro atoms. The molecule has 1 aromatic heterocycles. The molecule has 90 valence electrons. The highest BCUT2D eigenvalue weighted by molar-refractivity contribution is 9.09. The van der Waals surface area contributed by atoms with Gasteiger partial charge in [-0.2, -0.15) is 0 Å². The number of alkyl halides is 1. The molecule has 0 N–H and O–H groups in total. The molecule has 0 fully saturated rings. The van der Waals surface area contributed by atoms with Crippen molar-refractivity contribution in [1.29, 1.82) is 0 Å². The zero-order valence-corrected chi connectivity index (χ0v) is 11.6. The Kier molecular flexibility index (Phi) is 5.91. The average molecular weight is 309 g/mol. The monoisotopic (exact) mass is 307 g/mol. The Labute approximate surface area is 109 Å². The molecule has 0 saturated heterocycles. The van der Waals surface area contributed by atoms with Gasteiger partial charge >= 0.3 is 0 Å². The van der Waals surface area contributed by atoms with E-state index in [1.807, 2.05) is 0 Å². The molecule has 0 unspecified atom stereocenters. The van der Waals surface area contributed by atoms with E-state index in [9.17, 15) is 4.79 Å². The smallest absolute Gasteiger partial charge is 0.289 e. The van der Waals surface area contributed by atoms with Crippen LogP contribution in [0, 0.1) is 0 Å². The van der Waals surface area contributed by atoms with Crippen LogP contribution in [0.2, 0.25) is 5.22 Å². The Balaban J connectivity index is 2.36. The first-order valence-corrected chi connectivity index (χ1v) is 6.72. The molecule has 0 saturated carbocycles. The van der Waals surface area contributed by atoms with E-state index in [0.29, 0.717) is 5.76 Å². The lowest BCUT2D eigenvalue weighted by Crippen LogP contribution is -2.27. The van der Waals surface area contributed by atoms with Crippen LogP contribution in [-0.2, 0) is 0 Å². The summed E-state index contributed by atoms with van der Waals surface area (Å²) in [6.07, 6.45) is 3.25. The number of hydrogen-bond acceptors (Lipinski definition) is 2. The SMILES string of the molecule is CN(CCCCCBr)C(=O)c1ccc(Cl)o1.